The lowest BCUT2D eigenvalue weighted by atomic mass is 10.1. The molecule has 0 radical (unpaired) electrons. The van der Waals surface area contributed by atoms with Gasteiger partial charge in [-0.2, -0.15) is 0 Å². The summed E-state index contributed by atoms with van der Waals surface area (Å²) < 4.78 is 11.0. The molecular formula is C19H21NO5. The van der Waals surface area contributed by atoms with Gasteiger partial charge in [-0.15, -0.1) is 0 Å². The largest absolute Gasteiger partial charge is 0.481 e. The fraction of sp³-hybridized carbons (Fsp3) is 0.368. The van der Waals surface area contributed by atoms with Crippen molar-refractivity contribution in [3.05, 3.63) is 36.4 Å². The van der Waals surface area contributed by atoms with E-state index in [1.807, 2.05) is 24.3 Å². The van der Waals surface area contributed by atoms with Crippen LogP contribution in [-0.2, 0) is 14.3 Å². The maximum atomic E-state index is 12.2. The molecule has 3 rings (SSSR count). The number of anilines is 1. The van der Waals surface area contributed by atoms with Crippen LogP contribution in [0.5, 0.6) is 5.75 Å². The number of carbonyl (C=O) groups is 2. The number of carbonyl (C=O) groups excluding carboxylic acids is 1. The van der Waals surface area contributed by atoms with Gasteiger partial charge in [0.2, 0.25) is 5.91 Å². The molecule has 0 atom stereocenters. The van der Waals surface area contributed by atoms with Crippen molar-refractivity contribution in [2.75, 3.05) is 18.5 Å². The monoisotopic (exact) mass is 343 g/mol. The Morgan fingerprint density at radius 3 is 2.48 bits per heavy atom. The van der Waals surface area contributed by atoms with E-state index in [9.17, 15) is 9.59 Å². The fourth-order valence-electron chi connectivity index (χ4n) is 3.08. The van der Waals surface area contributed by atoms with E-state index >= 15 is 0 Å². The van der Waals surface area contributed by atoms with Gasteiger partial charge in [-0.25, -0.2) is 4.79 Å². The van der Waals surface area contributed by atoms with Gasteiger partial charge in [0.1, 0.15) is 12.4 Å². The van der Waals surface area contributed by atoms with Crippen LogP contribution in [0.15, 0.2) is 36.4 Å². The van der Waals surface area contributed by atoms with Gasteiger partial charge < -0.3 is 19.9 Å². The number of carboxylic acid groups (broad SMARTS) is 1. The van der Waals surface area contributed by atoms with E-state index in [1.54, 1.807) is 12.1 Å². The highest BCUT2D eigenvalue weighted by Gasteiger charge is 2.17. The Hall–Kier alpha value is -2.60. The highest BCUT2D eigenvalue weighted by Crippen LogP contribution is 2.31. The first-order valence-electron chi connectivity index (χ1n) is 8.41. The Labute approximate surface area is 145 Å². The Bertz CT molecular complexity index is 767. The Balaban J connectivity index is 1.71. The molecule has 1 saturated carbocycles. The summed E-state index contributed by atoms with van der Waals surface area (Å²) in [4.78, 5) is 22.9. The number of ether oxygens (including phenoxy) is 2. The molecule has 6 heteroatoms. The van der Waals surface area contributed by atoms with E-state index in [1.165, 1.54) is 0 Å². The van der Waals surface area contributed by atoms with Crippen LogP contribution < -0.4 is 10.1 Å². The summed E-state index contributed by atoms with van der Waals surface area (Å²) in [6.45, 7) is -0.374. The summed E-state index contributed by atoms with van der Waals surface area (Å²) in [5.41, 5.74) is 0.651. The van der Waals surface area contributed by atoms with E-state index in [0.29, 0.717) is 11.4 Å². The number of rotatable bonds is 7. The van der Waals surface area contributed by atoms with Crippen LogP contribution in [0.25, 0.3) is 10.8 Å². The maximum absolute atomic E-state index is 12.2. The van der Waals surface area contributed by atoms with Crippen molar-refractivity contribution in [3.8, 4) is 5.75 Å². The summed E-state index contributed by atoms with van der Waals surface area (Å²) >= 11 is 0. The Kier molecular flexibility index (Phi) is 5.50. The van der Waals surface area contributed by atoms with Gasteiger partial charge in [0.15, 0.2) is 6.61 Å². The van der Waals surface area contributed by atoms with Crippen LogP contribution in [0.2, 0.25) is 0 Å². The highest BCUT2D eigenvalue weighted by atomic mass is 16.5. The lowest BCUT2D eigenvalue weighted by molar-refractivity contribution is -0.139. The summed E-state index contributed by atoms with van der Waals surface area (Å²) in [5.74, 6) is -0.764. The lowest BCUT2D eigenvalue weighted by Gasteiger charge is -2.14. The van der Waals surface area contributed by atoms with Crippen LogP contribution in [-0.4, -0.2) is 36.3 Å². The van der Waals surface area contributed by atoms with Gasteiger partial charge in [0.05, 0.1) is 6.10 Å². The number of amides is 1. The number of nitrogens with one attached hydrogen (secondary N) is 1. The molecule has 0 heterocycles. The molecule has 2 aromatic carbocycles. The molecule has 0 bridgehead atoms. The van der Waals surface area contributed by atoms with Crippen LogP contribution in [0.1, 0.15) is 25.7 Å². The zero-order valence-electron chi connectivity index (χ0n) is 13.9. The molecule has 0 aromatic heterocycles. The number of hydrogen-bond acceptors (Lipinski definition) is 4. The molecular weight excluding hydrogens is 322 g/mol. The average molecular weight is 343 g/mol. The second-order valence-corrected chi connectivity index (χ2v) is 6.10. The zero-order chi connectivity index (χ0) is 17.6. The summed E-state index contributed by atoms with van der Waals surface area (Å²) in [5, 5.41) is 13.2. The number of hydrogen-bond donors (Lipinski definition) is 2. The number of fused-ring (bicyclic) bond motifs is 1. The third-order valence-electron chi connectivity index (χ3n) is 4.26. The van der Waals surface area contributed by atoms with E-state index in [0.717, 1.165) is 36.5 Å². The van der Waals surface area contributed by atoms with Crippen molar-refractivity contribution in [2.24, 2.45) is 0 Å². The highest BCUT2D eigenvalue weighted by molar-refractivity contribution is 6.04. The Morgan fingerprint density at radius 1 is 1.04 bits per heavy atom. The molecule has 6 nitrogen and oxygen atoms in total. The van der Waals surface area contributed by atoms with Crippen molar-refractivity contribution in [1.29, 1.82) is 0 Å². The van der Waals surface area contributed by atoms with Crippen molar-refractivity contribution < 1.29 is 24.2 Å². The minimum Gasteiger partial charge on any atom is -0.481 e. The van der Waals surface area contributed by atoms with Crippen molar-refractivity contribution in [3.63, 3.8) is 0 Å². The van der Waals surface area contributed by atoms with Gasteiger partial charge in [-0.1, -0.05) is 37.1 Å². The molecule has 0 aliphatic heterocycles. The molecule has 0 spiro atoms. The minimum atomic E-state index is -1.04. The number of aliphatic carboxylic acids is 1. The molecule has 2 N–H and O–H groups in total. The molecule has 2 aromatic rings. The van der Waals surface area contributed by atoms with E-state index in [-0.39, 0.29) is 18.6 Å². The lowest BCUT2D eigenvalue weighted by Crippen LogP contribution is -2.22. The van der Waals surface area contributed by atoms with Gasteiger partial charge in [0, 0.05) is 16.5 Å². The average Bonchev–Trinajstić information content (AvgIpc) is 3.13. The van der Waals surface area contributed by atoms with Crippen molar-refractivity contribution in [2.45, 2.75) is 31.8 Å². The number of benzene rings is 2. The minimum absolute atomic E-state index is 0.0380. The number of carboxylic acids is 1. The van der Waals surface area contributed by atoms with Gasteiger partial charge in [0.25, 0.3) is 0 Å². The van der Waals surface area contributed by atoms with Crippen LogP contribution >= 0.6 is 0 Å². The first-order chi connectivity index (χ1) is 12.1. The second-order valence-electron chi connectivity index (χ2n) is 6.10. The fourth-order valence-corrected chi connectivity index (χ4v) is 3.08. The van der Waals surface area contributed by atoms with Gasteiger partial charge in [-0.3, -0.25) is 4.79 Å². The first kappa shape index (κ1) is 17.2. The molecule has 1 aliphatic rings. The summed E-state index contributed by atoms with van der Waals surface area (Å²) in [6, 6.07) is 10.8. The molecule has 0 saturated heterocycles. The molecule has 1 aliphatic carbocycles. The maximum Gasteiger partial charge on any atom is 0.341 e. The third-order valence-corrected chi connectivity index (χ3v) is 4.26. The van der Waals surface area contributed by atoms with E-state index in [4.69, 9.17) is 14.6 Å². The molecule has 0 unspecified atom stereocenters. The molecule has 132 valence electrons. The van der Waals surface area contributed by atoms with E-state index in [2.05, 4.69) is 5.32 Å². The summed E-state index contributed by atoms with van der Waals surface area (Å²) in [6.07, 6.45) is 4.55. The van der Waals surface area contributed by atoms with Gasteiger partial charge >= 0.3 is 5.97 Å². The van der Waals surface area contributed by atoms with Crippen LogP contribution in [0.3, 0.4) is 0 Å². The predicted octanol–water partition coefficient (Wildman–Crippen LogP) is 3.20. The summed E-state index contributed by atoms with van der Waals surface area (Å²) in [7, 11) is 0. The molecule has 1 amide bonds. The topological polar surface area (TPSA) is 84.9 Å². The van der Waals surface area contributed by atoms with Crippen molar-refractivity contribution >= 4 is 28.3 Å². The smallest absolute Gasteiger partial charge is 0.341 e. The predicted molar refractivity (Wildman–Crippen MR) is 93.9 cm³/mol. The molecule has 25 heavy (non-hydrogen) atoms. The zero-order valence-corrected chi connectivity index (χ0v) is 13.9. The standard InChI is InChI=1S/C19H21NO5/c21-18(11-24-13-5-1-2-6-13)20-16-9-10-17(25-12-19(22)23)15-8-4-3-7-14(15)16/h3-4,7-10,13H,1-2,5-6,11-12H2,(H,20,21)(H,22,23). The van der Waals surface area contributed by atoms with Crippen LogP contribution in [0, 0.1) is 0 Å². The Morgan fingerprint density at radius 2 is 1.76 bits per heavy atom. The van der Waals surface area contributed by atoms with E-state index < -0.39 is 12.6 Å². The van der Waals surface area contributed by atoms with Crippen molar-refractivity contribution in [1.82, 2.24) is 0 Å². The quantitative estimate of drug-likeness (QED) is 0.806. The SMILES string of the molecule is O=C(O)COc1ccc(NC(=O)COC2CCCC2)c2ccccc12. The normalized spacial score (nSPS) is 14.6. The van der Waals surface area contributed by atoms with Gasteiger partial charge in [-0.05, 0) is 25.0 Å². The van der Waals surface area contributed by atoms with Crippen LogP contribution in [0.4, 0.5) is 5.69 Å². The molecule has 1 fully saturated rings. The third kappa shape index (κ3) is 4.48. The first-order valence-corrected chi connectivity index (χ1v) is 8.41. The second kappa shape index (κ2) is 7.98.